The Labute approximate surface area is 135 Å². The van der Waals surface area contributed by atoms with Crippen LogP contribution in [0.2, 0.25) is 0 Å². The number of hydrogen-bond donors (Lipinski definition) is 0. The Kier molecular flexibility index (Phi) is 5.69. The van der Waals surface area contributed by atoms with Crippen molar-refractivity contribution in [2.24, 2.45) is 0 Å². The predicted octanol–water partition coefficient (Wildman–Crippen LogP) is 3.41. The Hall–Kier alpha value is -2.88. The van der Waals surface area contributed by atoms with Gasteiger partial charge in [0.05, 0.1) is 5.56 Å². The van der Waals surface area contributed by atoms with E-state index < -0.39 is 12.1 Å². The number of hydrogen-bond acceptors (Lipinski definition) is 4. The Bertz CT molecular complexity index is 692. The number of carbonyl (C=O) groups excluding carboxylic acids is 2. The summed E-state index contributed by atoms with van der Waals surface area (Å²) in [6.45, 7) is 5.21. The van der Waals surface area contributed by atoms with Gasteiger partial charge >= 0.3 is 5.97 Å². The molecule has 1 atom stereocenters. The third-order valence-electron chi connectivity index (χ3n) is 3.13. The first-order valence-electron chi connectivity index (χ1n) is 7.26. The molecule has 0 saturated carbocycles. The molecule has 0 bridgehead atoms. The molecule has 0 radical (unpaired) electrons. The Morgan fingerprint density at radius 1 is 1.09 bits per heavy atom. The molecule has 118 valence electrons. The van der Waals surface area contributed by atoms with Crippen molar-refractivity contribution < 1.29 is 19.1 Å². The van der Waals surface area contributed by atoms with Crippen LogP contribution in [0.15, 0.2) is 67.3 Å². The van der Waals surface area contributed by atoms with E-state index in [0.29, 0.717) is 16.9 Å². The number of ether oxygens (including phenoxy) is 2. The summed E-state index contributed by atoms with van der Waals surface area (Å²) in [5.41, 5.74) is 1.07. The second-order valence-electron chi connectivity index (χ2n) is 4.95. The second kappa shape index (κ2) is 7.94. The lowest BCUT2D eigenvalue weighted by Gasteiger charge is -2.15. The zero-order chi connectivity index (χ0) is 16.7. The average molecular weight is 310 g/mol. The molecule has 1 unspecified atom stereocenters. The average Bonchev–Trinajstić information content (AvgIpc) is 2.60. The molecule has 0 aliphatic rings. The van der Waals surface area contributed by atoms with Gasteiger partial charge in [0.2, 0.25) is 0 Å². The van der Waals surface area contributed by atoms with Gasteiger partial charge in [-0.25, -0.2) is 4.79 Å². The predicted molar refractivity (Wildman–Crippen MR) is 87.6 cm³/mol. The molecule has 4 nitrogen and oxygen atoms in total. The number of benzene rings is 2. The minimum absolute atomic E-state index is 0.114. The topological polar surface area (TPSA) is 52.6 Å². The highest BCUT2D eigenvalue weighted by atomic mass is 16.6. The molecule has 0 N–H and O–H groups in total. The normalized spacial score (nSPS) is 11.3. The van der Waals surface area contributed by atoms with Crippen molar-refractivity contribution in [2.45, 2.75) is 13.0 Å². The summed E-state index contributed by atoms with van der Waals surface area (Å²) >= 11 is 0. The minimum atomic E-state index is -0.505. The molecule has 0 spiro atoms. The zero-order valence-electron chi connectivity index (χ0n) is 12.9. The maximum atomic E-state index is 12.6. The summed E-state index contributed by atoms with van der Waals surface area (Å²) in [5.74, 6) is -0.158. The number of carbonyl (C=O) groups is 2. The van der Waals surface area contributed by atoms with Crippen molar-refractivity contribution in [1.82, 2.24) is 0 Å². The molecule has 2 aromatic rings. The molecule has 2 aromatic carbocycles. The van der Waals surface area contributed by atoms with Gasteiger partial charge in [0.1, 0.15) is 18.5 Å². The van der Waals surface area contributed by atoms with Crippen LogP contribution in [0.25, 0.3) is 0 Å². The number of para-hydroxylation sites is 1. The Morgan fingerprint density at radius 2 is 1.74 bits per heavy atom. The Morgan fingerprint density at radius 3 is 2.43 bits per heavy atom. The first-order chi connectivity index (χ1) is 11.1. The van der Waals surface area contributed by atoms with Crippen LogP contribution in [0.4, 0.5) is 0 Å². The molecule has 2 rings (SSSR count). The van der Waals surface area contributed by atoms with Gasteiger partial charge in [-0.2, -0.15) is 0 Å². The van der Waals surface area contributed by atoms with E-state index in [9.17, 15) is 9.59 Å². The molecule has 23 heavy (non-hydrogen) atoms. The monoisotopic (exact) mass is 310 g/mol. The van der Waals surface area contributed by atoms with E-state index in [1.54, 1.807) is 43.3 Å². The molecule has 0 saturated heterocycles. The van der Waals surface area contributed by atoms with E-state index in [-0.39, 0.29) is 12.4 Å². The van der Waals surface area contributed by atoms with Crippen molar-refractivity contribution in [3.8, 4) is 5.75 Å². The van der Waals surface area contributed by atoms with Gasteiger partial charge in [-0.15, -0.1) is 0 Å². The fourth-order valence-electron chi connectivity index (χ4n) is 2.01. The second-order valence-corrected chi connectivity index (χ2v) is 4.95. The lowest BCUT2D eigenvalue weighted by molar-refractivity contribution is -0.143. The summed E-state index contributed by atoms with van der Waals surface area (Å²) < 4.78 is 10.7. The quantitative estimate of drug-likeness (QED) is 0.447. The highest BCUT2D eigenvalue weighted by molar-refractivity contribution is 6.10. The summed E-state index contributed by atoms with van der Waals surface area (Å²) in [5, 5.41) is 0. The Balaban J connectivity index is 2.10. The van der Waals surface area contributed by atoms with Crippen molar-refractivity contribution in [3.63, 3.8) is 0 Å². The van der Waals surface area contributed by atoms with Gasteiger partial charge in [0, 0.05) is 11.6 Å². The van der Waals surface area contributed by atoms with Crippen molar-refractivity contribution in [2.75, 3.05) is 6.61 Å². The first-order valence-corrected chi connectivity index (χ1v) is 7.26. The largest absolute Gasteiger partial charge is 0.489 e. The van der Waals surface area contributed by atoms with Crippen LogP contribution in [-0.2, 0) is 9.53 Å². The lowest BCUT2D eigenvalue weighted by Crippen LogP contribution is -2.21. The molecule has 0 aliphatic carbocycles. The fourth-order valence-corrected chi connectivity index (χ4v) is 2.01. The molecular weight excluding hydrogens is 292 g/mol. The summed E-state index contributed by atoms with van der Waals surface area (Å²) in [4.78, 5) is 23.7. The molecular formula is C19H18O4. The SMILES string of the molecule is C=CC(=O)OC(C)COc1ccccc1C(=O)c1ccccc1. The summed E-state index contributed by atoms with van der Waals surface area (Å²) in [6, 6.07) is 16.0. The van der Waals surface area contributed by atoms with Crippen LogP contribution in [0.3, 0.4) is 0 Å². The van der Waals surface area contributed by atoms with Crippen LogP contribution in [0, 0.1) is 0 Å². The maximum absolute atomic E-state index is 12.6. The van der Waals surface area contributed by atoms with Gasteiger partial charge in [0.15, 0.2) is 5.78 Å². The van der Waals surface area contributed by atoms with Crippen LogP contribution in [0.1, 0.15) is 22.8 Å². The fraction of sp³-hybridized carbons (Fsp3) is 0.158. The molecule has 0 aliphatic heterocycles. The highest BCUT2D eigenvalue weighted by Gasteiger charge is 2.15. The highest BCUT2D eigenvalue weighted by Crippen LogP contribution is 2.22. The molecule has 0 aromatic heterocycles. The minimum Gasteiger partial charge on any atom is -0.489 e. The number of esters is 1. The number of ketones is 1. The third kappa shape index (κ3) is 4.54. The van der Waals surface area contributed by atoms with Gasteiger partial charge < -0.3 is 9.47 Å². The van der Waals surface area contributed by atoms with Gasteiger partial charge in [-0.1, -0.05) is 49.0 Å². The molecule has 0 heterocycles. The van der Waals surface area contributed by atoms with E-state index in [4.69, 9.17) is 9.47 Å². The van der Waals surface area contributed by atoms with E-state index >= 15 is 0 Å². The van der Waals surface area contributed by atoms with E-state index in [1.807, 2.05) is 18.2 Å². The maximum Gasteiger partial charge on any atom is 0.330 e. The first kappa shape index (κ1) is 16.5. The van der Waals surface area contributed by atoms with E-state index in [0.717, 1.165) is 6.08 Å². The van der Waals surface area contributed by atoms with Gasteiger partial charge in [0.25, 0.3) is 0 Å². The summed E-state index contributed by atoms with van der Waals surface area (Å²) in [6.07, 6.45) is 0.656. The van der Waals surface area contributed by atoms with Crippen LogP contribution >= 0.6 is 0 Å². The smallest absolute Gasteiger partial charge is 0.330 e. The zero-order valence-corrected chi connectivity index (χ0v) is 12.9. The van der Waals surface area contributed by atoms with E-state index in [1.165, 1.54) is 0 Å². The third-order valence-corrected chi connectivity index (χ3v) is 3.13. The standard InChI is InChI=1S/C19H18O4/c1-3-18(20)23-14(2)13-22-17-12-8-7-11-16(17)19(21)15-9-5-4-6-10-15/h3-12,14H,1,13H2,2H3. The van der Waals surface area contributed by atoms with Gasteiger partial charge in [-0.3, -0.25) is 4.79 Å². The lowest BCUT2D eigenvalue weighted by atomic mass is 10.0. The van der Waals surface area contributed by atoms with Crippen molar-refractivity contribution in [3.05, 3.63) is 78.4 Å². The van der Waals surface area contributed by atoms with E-state index in [2.05, 4.69) is 6.58 Å². The van der Waals surface area contributed by atoms with Crippen LogP contribution in [0.5, 0.6) is 5.75 Å². The van der Waals surface area contributed by atoms with Crippen molar-refractivity contribution >= 4 is 11.8 Å². The molecule has 0 amide bonds. The summed E-state index contributed by atoms with van der Waals surface area (Å²) in [7, 11) is 0. The molecule has 0 fully saturated rings. The van der Waals surface area contributed by atoms with Crippen LogP contribution in [-0.4, -0.2) is 24.5 Å². The molecule has 4 heteroatoms. The van der Waals surface area contributed by atoms with Gasteiger partial charge in [-0.05, 0) is 19.1 Å². The number of rotatable bonds is 7. The van der Waals surface area contributed by atoms with Crippen LogP contribution < -0.4 is 4.74 Å². The van der Waals surface area contributed by atoms with Crippen molar-refractivity contribution in [1.29, 1.82) is 0 Å².